The van der Waals surface area contributed by atoms with Crippen LogP contribution in [0.15, 0.2) is 41.4 Å². The first-order valence-electron chi connectivity index (χ1n) is 9.69. The summed E-state index contributed by atoms with van der Waals surface area (Å²) in [6.45, 7) is 5.46. The van der Waals surface area contributed by atoms with Crippen LogP contribution in [0.2, 0.25) is 0 Å². The lowest BCUT2D eigenvalue weighted by atomic mass is 10.2. The molecule has 6 nitrogen and oxygen atoms in total. The van der Waals surface area contributed by atoms with Gasteiger partial charge < -0.3 is 18.8 Å². The molecule has 0 aliphatic rings. The zero-order valence-corrected chi connectivity index (χ0v) is 18.0. The smallest absolute Gasteiger partial charge is 0.279 e. The number of aromatic nitrogens is 1. The van der Waals surface area contributed by atoms with Crippen LogP contribution in [0.25, 0.3) is 10.2 Å². The highest BCUT2D eigenvalue weighted by Crippen LogP contribution is 2.35. The van der Waals surface area contributed by atoms with Gasteiger partial charge in [-0.2, -0.15) is 4.99 Å². The van der Waals surface area contributed by atoms with E-state index in [1.54, 1.807) is 26.4 Å². The van der Waals surface area contributed by atoms with E-state index in [1.165, 1.54) is 11.3 Å². The molecule has 0 saturated carbocycles. The van der Waals surface area contributed by atoms with E-state index in [0.29, 0.717) is 23.5 Å². The number of hydrogen-bond donors (Lipinski definition) is 0. The number of hydrogen-bond acceptors (Lipinski definition) is 5. The first-order chi connectivity index (χ1) is 14.1. The molecule has 0 fully saturated rings. The summed E-state index contributed by atoms with van der Waals surface area (Å²) < 4.78 is 19.5. The lowest BCUT2D eigenvalue weighted by Crippen LogP contribution is -2.16. The van der Waals surface area contributed by atoms with Gasteiger partial charge in [0.2, 0.25) is 0 Å². The number of unbranched alkanes of at least 4 members (excludes halogenated alkanes) is 1. The topological polar surface area (TPSA) is 62.1 Å². The van der Waals surface area contributed by atoms with Crippen molar-refractivity contribution in [1.82, 2.24) is 4.57 Å². The van der Waals surface area contributed by atoms with E-state index in [-0.39, 0.29) is 5.91 Å². The number of carbonyl (C=O) groups is 1. The van der Waals surface area contributed by atoms with E-state index in [2.05, 4.69) is 11.9 Å². The molecule has 1 heterocycles. The van der Waals surface area contributed by atoms with Gasteiger partial charge in [0.05, 0.1) is 20.8 Å². The molecule has 1 amide bonds. The van der Waals surface area contributed by atoms with Crippen LogP contribution < -0.4 is 19.0 Å². The Kier molecular flexibility index (Phi) is 6.93. The van der Waals surface area contributed by atoms with E-state index < -0.39 is 0 Å². The fraction of sp³-hybridized carbons (Fsp3) is 0.364. The van der Waals surface area contributed by atoms with Crippen molar-refractivity contribution in [2.75, 3.05) is 20.8 Å². The van der Waals surface area contributed by atoms with Crippen LogP contribution >= 0.6 is 11.3 Å². The highest BCUT2D eigenvalue weighted by Gasteiger charge is 2.16. The van der Waals surface area contributed by atoms with Gasteiger partial charge in [0.15, 0.2) is 4.80 Å². The van der Waals surface area contributed by atoms with E-state index >= 15 is 0 Å². The number of aryl methyl sites for hydroxylation is 1. The Morgan fingerprint density at radius 2 is 1.72 bits per heavy atom. The van der Waals surface area contributed by atoms with Crippen LogP contribution in [-0.4, -0.2) is 31.3 Å². The maximum absolute atomic E-state index is 12.8. The molecule has 0 atom stereocenters. The van der Waals surface area contributed by atoms with E-state index in [4.69, 9.17) is 14.2 Å². The fourth-order valence-electron chi connectivity index (χ4n) is 3.01. The number of ether oxygens (including phenoxy) is 3. The van der Waals surface area contributed by atoms with Crippen LogP contribution in [-0.2, 0) is 6.54 Å². The fourth-order valence-corrected chi connectivity index (χ4v) is 4.21. The number of methoxy groups -OCH3 is 2. The molecule has 1 aromatic heterocycles. The van der Waals surface area contributed by atoms with Gasteiger partial charge in [0.25, 0.3) is 5.91 Å². The number of fused-ring (bicyclic) bond motifs is 1. The number of rotatable bonds is 8. The third kappa shape index (κ3) is 4.45. The van der Waals surface area contributed by atoms with Crippen LogP contribution in [0.4, 0.5) is 0 Å². The molecule has 29 heavy (non-hydrogen) atoms. The minimum absolute atomic E-state index is 0.295. The quantitative estimate of drug-likeness (QED) is 0.503. The lowest BCUT2D eigenvalue weighted by Gasteiger charge is -2.08. The molecular weight excluding hydrogens is 388 g/mol. The van der Waals surface area contributed by atoms with Crippen LogP contribution in [0.3, 0.4) is 0 Å². The standard InChI is InChI=1S/C22H26N2O4S/c1-5-7-14-28-16-10-8-15(9-11-16)21(25)23-22-24(6-2)19-17(26-3)12-13-18(27-4)20(19)29-22/h8-13H,5-7,14H2,1-4H3. The molecule has 0 bridgehead atoms. The predicted octanol–water partition coefficient (Wildman–Crippen LogP) is 4.66. The zero-order chi connectivity index (χ0) is 20.8. The SMILES string of the molecule is CCCCOc1ccc(C(=O)N=c2sc3c(OC)ccc(OC)c3n2CC)cc1. The molecule has 0 N–H and O–H groups in total. The second-order valence-corrected chi connectivity index (χ2v) is 7.40. The average Bonchev–Trinajstić information content (AvgIpc) is 3.11. The second-order valence-electron chi connectivity index (χ2n) is 6.42. The minimum Gasteiger partial charge on any atom is -0.495 e. The van der Waals surface area contributed by atoms with Crippen molar-refractivity contribution in [3.63, 3.8) is 0 Å². The highest BCUT2D eigenvalue weighted by atomic mass is 32.1. The first-order valence-corrected chi connectivity index (χ1v) is 10.5. The van der Waals surface area contributed by atoms with Gasteiger partial charge in [-0.25, -0.2) is 0 Å². The molecular formula is C22H26N2O4S. The van der Waals surface area contributed by atoms with Crippen molar-refractivity contribution in [2.45, 2.75) is 33.2 Å². The molecule has 0 saturated heterocycles. The Balaban J connectivity index is 1.98. The van der Waals surface area contributed by atoms with Crippen molar-refractivity contribution >= 4 is 27.5 Å². The number of nitrogens with zero attached hydrogens (tertiary/aromatic N) is 2. The van der Waals surface area contributed by atoms with Crippen LogP contribution in [0.5, 0.6) is 17.2 Å². The molecule has 7 heteroatoms. The van der Waals surface area contributed by atoms with Crippen molar-refractivity contribution in [2.24, 2.45) is 4.99 Å². The maximum atomic E-state index is 12.8. The lowest BCUT2D eigenvalue weighted by molar-refractivity contribution is 0.0998. The summed E-state index contributed by atoms with van der Waals surface area (Å²) in [5.74, 6) is 1.92. The van der Waals surface area contributed by atoms with Gasteiger partial charge in [-0.3, -0.25) is 4.79 Å². The largest absolute Gasteiger partial charge is 0.495 e. The van der Waals surface area contributed by atoms with Crippen molar-refractivity contribution in [3.8, 4) is 17.2 Å². The molecule has 3 rings (SSSR count). The predicted molar refractivity (Wildman–Crippen MR) is 115 cm³/mol. The Morgan fingerprint density at radius 1 is 1.03 bits per heavy atom. The summed E-state index contributed by atoms with van der Waals surface area (Å²) in [5.41, 5.74) is 1.40. The van der Waals surface area contributed by atoms with Crippen molar-refractivity contribution < 1.29 is 19.0 Å². The molecule has 0 unspecified atom stereocenters. The minimum atomic E-state index is -0.295. The van der Waals surface area contributed by atoms with Gasteiger partial charge in [0.1, 0.15) is 27.5 Å². The van der Waals surface area contributed by atoms with E-state index in [1.807, 2.05) is 35.8 Å². The molecule has 3 aromatic rings. The Bertz CT molecular complexity index is 1050. The summed E-state index contributed by atoms with van der Waals surface area (Å²) in [7, 11) is 3.26. The average molecular weight is 415 g/mol. The number of carbonyl (C=O) groups excluding carboxylic acids is 1. The number of amides is 1. The van der Waals surface area contributed by atoms with Gasteiger partial charge in [-0.1, -0.05) is 24.7 Å². The molecule has 2 aromatic carbocycles. The number of thiazole rings is 1. The van der Waals surface area contributed by atoms with Gasteiger partial charge >= 0.3 is 0 Å². The summed E-state index contributed by atoms with van der Waals surface area (Å²) in [6.07, 6.45) is 2.09. The molecule has 0 spiro atoms. The molecule has 0 aliphatic carbocycles. The van der Waals surface area contributed by atoms with Crippen LogP contribution in [0.1, 0.15) is 37.0 Å². The van der Waals surface area contributed by atoms with Crippen molar-refractivity contribution in [1.29, 1.82) is 0 Å². The maximum Gasteiger partial charge on any atom is 0.279 e. The third-order valence-electron chi connectivity index (χ3n) is 4.57. The Morgan fingerprint density at radius 3 is 2.34 bits per heavy atom. The van der Waals surface area contributed by atoms with Gasteiger partial charge in [-0.05, 0) is 49.7 Å². The summed E-state index contributed by atoms with van der Waals surface area (Å²) in [6, 6.07) is 10.8. The summed E-state index contributed by atoms with van der Waals surface area (Å²) >= 11 is 1.41. The molecule has 0 radical (unpaired) electrons. The first kappa shape index (κ1) is 20.9. The molecule has 0 aliphatic heterocycles. The monoisotopic (exact) mass is 414 g/mol. The van der Waals surface area contributed by atoms with Crippen LogP contribution in [0, 0.1) is 0 Å². The zero-order valence-electron chi connectivity index (χ0n) is 17.2. The highest BCUT2D eigenvalue weighted by molar-refractivity contribution is 7.16. The van der Waals surface area contributed by atoms with Gasteiger partial charge in [-0.15, -0.1) is 0 Å². The molecule has 154 valence electrons. The Labute approximate surface area is 174 Å². The van der Waals surface area contributed by atoms with E-state index in [9.17, 15) is 4.79 Å². The van der Waals surface area contributed by atoms with Crippen molar-refractivity contribution in [3.05, 3.63) is 46.8 Å². The normalized spacial score (nSPS) is 11.7. The summed E-state index contributed by atoms with van der Waals surface area (Å²) in [4.78, 5) is 17.8. The summed E-state index contributed by atoms with van der Waals surface area (Å²) in [5, 5.41) is 0. The van der Waals surface area contributed by atoms with Gasteiger partial charge in [0, 0.05) is 12.1 Å². The number of benzene rings is 2. The van der Waals surface area contributed by atoms with E-state index in [0.717, 1.165) is 40.3 Å². The second kappa shape index (κ2) is 9.60. The third-order valence-corrected chi connectivity index (χ3v) is 5.67. The Hall–Kier alpha value is -2.80.